The van der Waals surface area contributed by atoms with Gasteiger partial charge in [-0.15, -0.1) is 0 Å². The first-order chi connectivity index (χ1) is 16.3. The van der Waals surface area contributed by atoms with Crippen LogP contribution in [-0.2, 0) is 23.9 Å². The molecule has 9 heteroatoms. The van der Waals surface area contributed by atoms with Crippen molar-refractivity contribution in [3.63, 3.8) is 0 Å². The highest BCUT2D eigenvalue weighted by molar-refractivity contribution is 5.87. The lowest BCUT2D eigenvalue weighted by Crippen LogP contribution is -2.41. The lowest BCUT2D eigenvalue weighted by atomic mass is 10.1. The fraction of sp³-hybridized carbons (Fsp3) is 0.840. The van der Waals surface area contributed by atoms with Gasteiger partial charge in [0.05, 0.1) is 6.61 Å². The quantitative estimate of drug-likeness (QED) is 0.172. The van der Waals surface area contributed by atoms with Crippen molar-refractivity contribution in [3.05, 3.63) is 0 Å². The number of amides is 2. The van der Waals surface area contributed by atoms with E-state index < -0.39 is 18.1 Å². The Morgan fingerprint density at radius 3 is 2.12 bits per heavy atom. The largest absolute Gasteiger partial charge is 0.480 e. The van der Waals surface area contributed by atoms with E-state index in [1.807, 2.05) is 0 Å². The first-order valence-electron chi connectivity index (χ1n) is 13.0. The van der Waals surface area contributed by atoms with Crippen molar-refractivity contribution in [2.75, 3.05) is 13.2 Å². The minimum atomic E-state index is -0.944. The number of hydrogen-bond donors (Lipinski definition) is 4. The summed E-state index contributed by atoms with van der Waals surface area (Å²) in [5.74, 6) is -1.49. The monoisotopic (exact) mass is 485 g/mol. The van der Waals surface area contributed by atoms with Crippen molar-refractivity contribution in [2.45, 2.75) is 122 Å². The van der Waals surface area contributed by atoms with E-state index in [9.17, 15) is 19.2 Å². The van der Waals surface area contributed by atoms with E-state index in [1.54, 1.807) is 6.92 Å². The molecule has 1 rings (SSSR count). The summed E-state index contributed by atoms with van der Waals surface area (Å²) in [6.45, 7) is 4.94. The summed E-state index contributed by atoms with van der Waals surface area (Å²) in [6, 6.07) is -1.17. The SMILES string of the molecule is CCCCCCCCCCCC(=O)N[C@@H](CCCCN)C(=O)OCC.O=C1CC[C@@H](C(=O)O)N1. The third-order valence-corrected chi connectivity index (χ3v) is 5.65. The summed E-state index contributed by atoms with van der Waals surface area (Å²) in [5, 5.41) is 13.5. The molecule has 1 fully saturated rings. The lowest BCUT2D eigenvalue weighted by Gasteiger charge is -2.17. The molecule has 2 atom stereocenters. The second-order valence-corrected chi connectivity index (χ2v) is 8.73. The van der Waals surface area contributed by atoms with Gasteiger partial charge in [-0.1, -0.05) is 58.3 Å². The summed E-state index contributed by atoms with van der Waals surface area (Å²) < 4.78 is 5.05. The van der Waals surface area contributed by atoms with Crippen LogP contribution in [0.1, 0.15) is 110 Å². The van der Waals surface area contributed by atoms with Gasteiger partial charge in [-0.25, -0.2) is 9.59 Å². The molecule has 0 aliphatic carbocycles. The van der Waals surface area contributed by atoms with Crippen molar-refractivity contribution < 1.29 is 29.0 Å². The molecule has 0 saturated carbocycles. The zero-order valence-electron chi connectivity index (χ0n) is 21.2. The highest BCUT2D eigenvalue weighted by Gasteiger charge is 2.26. The molecule has 2 amide bonds. The van der Waals surface area contributed by atoms with Gasteiger partial charge in [0.15, 0.2) is 0 Å². The first-order valence-corrected chi connectivity index (χ1v) is 13.0. The highest BCUT2D eigenvalue weighted by Crippen LogP contribution is 2.11. The molecule has 5 N–H and O–H groups in total. The van der Waals surface area contributed by atoms with Crippen LogP contribution in [-0.4, -0.2) is 54.1 Å². The van der Waals surface area contributed by atoms with Crippen LogP contribution < -0.4 is 16.4 Å². The average Bonchev–Trinajstić information content (AvgIpc) is 3.25. The normalized spacial score (nSPS) is 15.6. The van der Waals surface area contributed by atoms with Crippen LogP contribution in [0, 0.1) is 0 Å². The van der Waals surface area contributed by atoms with E-state index in [-0.39, 0.29) is 17.8 Å². The van der Waals surface area contributed by atoms with E-state index in [2.05, 4.69) is 17.6 Å². The second-order valence-electron chi connectivity index (χ2n) is 8.73. The van der Waals surface area contributed by atoms with Gasteiger partial charge in [-0.2, -0.15) is 0 Å². The van der Waals surface area contributed by atoms with Crippen LogP contribution in [0.2, 0.25) is 0 Å². The molecule has 1 aliphatic rings. The molecule has 0 bridgehead atoms. The number of carboxylic acid groups (broad SMARTS) is 1. The minimum absolute atomic E-state index is 0.0475. The van der Waals surface area contributed by atoms with Crippen LogP contribution in [0.3, 0.4) is 0 Å². The molecule has 34 heavy (non-hydrogen) atoms. The fourth-order valence-electron chi connectivity index (χ4n) is 3.65. The number of aliphatic carboxylic acids is 1. The van der Waals surface area contributed by atoms with Gasteiger partial charge >= 0.3 is 11.9 Å². The van der Waals surface area contributed by atoms with Crippen LogP contribution >= 0.6 is 0 Å². The Balaban J connectivity index is 0.000000999. The smallest absolute Gasteiger partial charge is 0.328 e. The number of carboxylic acids is 1. The standard InChI is InChI=1S/C20H40N2O3.C5H7NO3/c1-3-5-6-7-8-9-10-11-12-16-19(23)22-18(15-13-14-17-21)20(24)25-4-2;7-4-2-1-3(6-4)5(8)9/h18H,3-17,21H2,1-2H3,(H,22,23);3H,1-2H2,(H,6,7)(H,8,9)/t18-;3-/m00/s1. The predicted molar refractivity (Wildman–Crippen MR) is 132 cm³/mol. The third kappa shape index (κ3) is 17.3. The molecule has 0 spiro atoms. The maximum Gasteiger partial charge on any atom is 0.328 e. The van der Waals surface area contributed by atoms with Crippen LogP contribution in [0.4, 0.5) is 0 Å². The van der Waals surface area contributed by atoms with Crippen molar-refractivity contribution in [1.82, 2.24) is 10.6 Å². The molecule has 198 valence electrons. The van der Waals surface area contributed by atoms with E-state index in [4.69, 9.17) is 15.6 Å². The third-order valence-electron chi connectivity index (χ3n) is 5.65. The number of carbonyl (C=O) groups excluding carboxylic acids is 3. The van der Waals surface area contributed by atoms with E-state index in [0.29, 0.717) is 38.8 Å². The van der Waals surface area contributed by atoms with Crippen molar-refractivity contribution >= 4 is 23.8 Å². The van der Waals surface area contributed by atoms with Gasteiger partial charge in [-0.3, -0.25) is 9.59 Å². The maximum absolute atomic E-state index is 12.1. The molecular formula is C25H47N3O6. The Kier molecular flexibility index (Phi) is 20.0. The Bertz CT molecular complexity index is 585. The molecule has 9 nitrogen and oxygen atoms in total. The number of nitrogens with one attached hydrogen (secondary N) is 2. The summed E-state index contributed by atoms with van der Waals surface area (Å²) >= 11 is 0. The van der Waals surface area contributed by atoms with E-state index >= 15 is 0 Å². The van der Waals surface area contributed by atoms with Crippen molar-refractivity contribution in [2.24, 2.45) is 5.73 Å². The van der Waals surface area contributed by atoms with Gasteiger partial charge < -0.3 is 26.2 Å². The Labute approximate surface area is 204 Å². The summed E-state index contributed by atoms with van der Waals surface area (Å²) in [7, 11) is 0. The second kappa shape index (κ2) is 21.4. The zero-order valence-corrected chi connectivity index (χ0v) is 21.2. The number of nitrogens with two attached hydrogens (primary N) is 1. The topological polar surface area (TPSA) is 148 Å². The summed E-state index contributed by atoms with van der Waals surface area (Å²) in [5.41, 5.74) is 5.49. The Morgan fingerprint density at radius 1 is 1.03 bits per heavy atom. The highest BCUT2D eigenvalue weighted by atomic mass is 16.5. The number of hydrogen-bond acceptors (Lipinski definition) is 6. The molecule has 0 aromatic heterocycles. The lowest BCUT2D eigenvalue weighted by molar-refractivity contribution is -0.147. The van der Waals surface area contributed by atoms with Crippen LogP contribution in [0.15, 0.2) is 0 Å². The summed E-state index contributed by atoms with van der Waals surface area (Å²) in [6.07, 6.45) is 14.6. The number of esters is 1. The van der Waals surface area contributed by atoms with Crippen LogP contribution in [0.5, 0.6) is 0 Å². The maximum atomic E-state index is 12.1. The number of ether oxygens (including phenoxy) is 1. The van der Waals surface area contributed by atoms with Gasteiger partial charge in [-0.05, 0) is 45.6 Å². The number of rotatable bonds is 18. The van der Waals surface area contributed by atoms with Crippen LogP contribution in [0.25, 0.3) is 0 Å². The molecule has 0 unspecified atom stereocenters. The summed E-state index contributed by atoms with van der Waals surface area (Å²) in [4.78, 5) is 44.5. The van der Waals surface area contributed by atoms with Gasteiger partial charge in [0.2, 0.25) is 11.8 Å². The number of carbonyl (C=O) groups is 4. The van der Waals surface area contributed by atoms with E-state index in [0.717, 1.165) is 25.7 Å². The molecule has 1 saturated heterocycles. The molecule has 0 aromatic carbocycles. The number of unbranched alkanes of at least 4 members (excludes halogenated alkanes) is 9. The van der Waals surface area contributed by atoms with E-state index in [1.165, 1.54) is 44.9 Å². The molecular weight excluding hydrogens is 438 g/mol. The average molecular weight is 486 g/mol. The zero-order chi connectivity index (χ0) is 25.6. The predicted octanol–water partition coefficient (Wildman–Crippen LogP) is 3.43. The molecule has 1 aliphatic heterocycles. The Morgan fingerprint density at radius 2 is 1.65 bits per heavy atom. The molecule has 1 heterocycles. The fourth-order valence-corrected chi connectivity index (χ4v) is 3.65. The van der Waals surface area contributed by atoms with Crippen molar-refractivity contribution in [1.29, 1.82) is 0 Å². The van der Waals surface area contributed by atoms with Crippen molar-refractivity contribution in [3.8, 4) is 0 Å². The van der Waals surface area contributed by atoms with Gasteiger partial charge in [0, 0.05) is 12.8 Å². The molecule has 0 aromatic rings. The Hall–Kier alpha value is -2.16. The van der Waals surface area contributed by atoms with Gasteiger partial charge in [0.1, 0.15) is 12.1 Å². The minimum Gasteiger partial charge on any atom is -0.480 e. The molecule has 0 radical (unpaired) electrons. The van der Waals surface area contributed by atoms with Gasteiger partial charge in [0.25, 0.3) is 0 Å². The first kappa shape index (κ1) is 31.8.